The fourth-order valence-electron chi connectivity index (χ4n) is 2.95. The summed E-state index contributed by atoms with van der Waals surface area (Å²) in [6.45, 7) is 8.04. The molecule has 1 fully saturated rings. The Hall–Kier alpha value is -0.910. The van der Waals surface area contributed by atoms with E-state index in [9.17, 15) is 8.42 Å². The van der Waals surface area contributed by atoms with Crippen LogP contribution in [0.5, 0.6) is 0 Å². The minimum Gasteiger partial charge on any atom is -0.313 e. The van der Waals surface area contributed by atoms with Gasteiger partial charge in [-0.1, -0.05) is 13.0 Å². The highest BCUT2D eigenvalue weighted by molar-refractivity contribution is 7.89. The van der Waals surface area contributed by atoms with Gasteiger partial charge in [0.1, 0.15) is 0 Å². The van der Waals surface area contributed by atoms with Crippen LogP contribution in [0.15, 0.2) is 23.1 Å². The molecule has 1 aromatic rings. The molecule has 1 unspecified atom stereocenters. The second-order valence-corrected chi connectivity index (χ2v) is 7.92. The molecule has 1 aromatic carbocycles. The molecule has 1 atom stereocenters. The minimum atomic E-state index is -3.40. The van der Waals surface area contributed by atoms with Gasteiger partial charge in [-0.2, -0.15) is 4.31 Å². The molecule has 5 heteroatoms. The molecule has 1 heterocycles. The summed E-state index contributed by atoms with van der Waals surface area (Å²) in [6.07, 6.45) is 3.02. The van der Waals surface area contributed by atoms with Gasteiger partial charge in [-0.15, -0.1) is 0 Å². The quantitative estimate of drug-likeness (QED) is 0.878. The lowest BCUT2D eigenvalue weighted by Gasteiger charge is -2.25. The standard InChI is InChI=1S/C16H26N2O2S/c1-4-8-18(12-15-6-5-7-17-15)21(19,20)16-10-13(2)9-14(3)11-16/h9-11,15,17H,4-8,12H2,1-3H3. The Morgan fingerprint density at radius 2 is 1.90 bits per heavy atom. The summed E-state index contributed by atoms with van der Waals surface area (Å²) in [7, 11) is -3.40. The summed E-state index contributed by atoms with van der Waals surface area (Å²) >= 11 is 0. The van der Waals surface area contributed by atoms with E-state index < -0.39 is 10.0 Å². The highest BCUT2D eigenvalue weighted by Crippen LogP contribution is 2.21. The highest BCUT2D eigenvalue weighted by atomic mass is 32.2. The molecule has 4 nitrogen and oxygen atoms in total. The number of rotatable bonds is 6. The van der Waals surface area contributed by atoms with Crippen LogP contribution in [0.25, 0.3) is 0 Å². The van der Waals surface area contributed by atoms with Crippen LogP contribution in [0.1, 0.15) is 37.3 Å². The summed E-state index contributed by atoms with van der Waals surface area (Å²) in [6, 6.07) is 5.83. The van der Waals surface area contributed by atoms with E-state index in [1.54, 1.807) is 16.4 Å². The predicted molar refractivity (Wildman–Crippen MR) is 86.0 cm³/mol. The van der Waals surface area contributed by atoms with Crippen LogP contribution in [0.4, 0.5) is 0 Å². The first-order chi connectivity index (χ1) is 9.93. The minimum absolute atomic E-state index is 0.289. The van der Waals surface area contributed by atoms with Gasteiger partial charge in [-0.05, 0) is 62.9 Å². The molecule has 2 rings (SSSR count). The van der Waals surface area contributed by atoms with Crippen LogP contribution in [0.3, 0.4) is 0 Å². The third-order valence-corrected chi connectivity index (χ3v) is 5.74. The fraction of sp³-hybridized carbons (Fsp3) is 0.625. The summed E-state index contributed by atoms with van der Waals surface area (Å²) in [5.74, 6) is 0. The van der Waals surface area contributed by atoms with Crippen LogP contribution < -0.4 is 5.32 Å². The average Bonchev–Trinajstić information content (AvgIpc) is 2.90. The summed E-state index contributed by atoms with van der Waals surface area (Å²) in [5, 5.41) is 3.39. The van der Waals surface area contributed by atoms with Gasteiger partial charge in [-0.25, -0.2) is 8.42 Å². The van der Waals surface area contributed by atoms with E-state index in [1.165, 1.54) is 0 Å². The zero-order chi connectivity index (χ0) is 15.5. The van der Waals surface area contributed by atoms with Gasteiger partial charge < -0.3 is 5.32 Å². The van der Waals surface area contributed by atoms with Crippen molar-refractivity contribution in [3.8, 4) is 0 Å². The van der Waals surface area contributed by atoms with E-state index in [4.69, 9.17) is 0 Å². The fourth-order valence-corrected chi connectivity index (χ4v) is 4.72. The van der Waals surface area contributed by atoms with Crippen molar-refractivity contribution in [3.63, 3.8) is 0 Å². The Balaban J connectivity index is 2.27. The van der Waals surface area contributed by atoms with E-state index in [1.807, 2.05) is 26.8 Å². The van der Waals surface area contributed by atoms with Crippen molar-refractivity contribution in [1.29, 1.82) is 0 Å². The van der Waals surface area contributed by atoms with Crippen molar-refractivity contribution in [2.24, 2.45) is 0 Å². The van der Waals surface area contributed by atoms with Gasteiger partial charge in [0, 0.05) is 19.1 Å². The lowest BCUT2D eigenvalue weighted by Crippen LogP contribution is -2.41. The highest BCUT2D eigenvalue weighted by Gasteiger charge is 2.28. The van der Waals surface area contributed by atoms with Gasteiger partial charge in [0.05, 0.1) is 4.90 Å². The lowest BCUT2D eigenvalue weighted by molar-refractivity contribution is 0.369. The van der Waals surface area contributed by atoms with Gasteiger partial charge in [0.15, 0.2) is 0 Å². The third-order valence-electron chi connectivity index (χ3n) is 3.89. The molecule has 1 aliphatic heterocycles. The SMILES string of the molecule is CCCN(CC1CCCN1)S(=O)(=O)c1cc(C)cc(C)c1. The number of aryl methyl sites for hydroxylation is 2. The zero-order valence-corrected chi connectivity index (χ0v) is 14.0. The van der Waals surface area contributed by atoms with Gasteiger partial charge >= 0.3 is 0 Å². The Labute approximate surface area is 128 Å². The van der Waals surface area contributed by atoms with Crippen molar-refractivity contribution in [2.45, 2.75) is 51.0 Å². The van der Waals surface area contributed by atoms with Crippen molar-refractivity contribution < 1.29 is 8.42 Å². The van der Waals surface area contributed by atoms with E-state index in [0.29, 0.717) is 18.0 Å². The third kappa shape index (κ3) is 4.05. The number of hydrogen-bond acceptors (Lipinski definition) is 3. The Bertz CT molecular complexity index is 558. The van der Waals surface area contributed by atoms with Crippen molar-refractivity contribution in [2.75, 3.05) is 19.6 Å². The molecule has 0 spiro atoms. The number of benzene rings is 1. The summed E-state index contributed by atoms with van der Waals surface area (Å²) < 4.78 is 27.5. The normalized spacial score (nSPS) is 19.3. The molecule has 0 saturated carbocycles. The number of sulfonamides is 1. The van der Waals surface area contributed by atoms with Crippen LogP contribution in [0.2, 0.25) is 0 Å². The molecule has 1 saturated heterocycles. The molecular formula is C16H26N2O2S. The maximum absolute atomic E-state index is 12.9. The Morgan fingerprint density at radius 3 is 2.43 bits per heavy atom. The first-order valence-corrected chi connectivity index (χ1v) is 9.19. The van der Waals surface area contributed by atoms with Gasteiger partial charge in [0.25, 0.3) is 0 Å². The maximum Gasteiger partial charge on any atom is 0.243 e. The zero-order valence-electron chi connectivity index (χ0n) is 13.2. The molecule has 1 aliphatic rings. The first kappa shape index (κ1) is 16.5. The van der Waals surface area contributed by atoms with E-state index in [2.05, 4.69) is 5.32 Å². The lowest BCUT2D eigenvalue weighted by atomic mass is 10.2. The molecule has 0 radical (unpaired) electrons. The smallest absolute Gasteiger partial charge is 0.243 e. The number of nitrogens with one attached hydrogen (secondary N) is 1. The van der Waals surface area contributed by atoms with Gasteiger partial charge in [0.2, 0.25) is 10.0 Å². The largest absolute Gasteiger partial charge is 0.313 e. The second-order valence-electron chi connectivity index (χ2n) is 5.98. The topological polar surface area (TPSA) is 49.4 Å². The van der Waals surface area contributed by atoms with Crippen LogP contribution in [-0.4, -0.2) is 38.4 Å². The average molecular weight is 310 g/mol. The monoisotopic (exact) mass is 310 g/mol. The van der Waals surface area contributed by atoms with E-state index >= 15 is 0 Å². The molecule has 118 valence electrons. The summed E-state index contributed by atoms with van der Waals surface area (Å²) in [5.41, 5.74) is 1.98. The van der Waals surface area contributed by atoms with E-state index in [-0.39, 0.29) is 6.04 Å². The van der Waals surface area contributed by atoms with Crippen molar-refractivity contribution in [3.05, 3.63) is 29.3 Å². The van der Waals surface area contributed by atoms with Crippen molar-refractivity contribution in [1.82, 2.24) is 9.62 Å². The van der Waals surface area contributed by atoms with Crippen LogP contribution in [0, 0.1) is 13.8 Å². The first-order valence-electron chi connectivity index (χ1n) is 7.75. The molecule has 0 bridgehead atoms. The molecule has 0 aliphatic carbocycles. The molecule has 0 amide bonds. The molecule has 21 heavy (non-hydrogen) atoms. The second kappa shape index (κ2) is 6.90. The van der Waals surface area contributed by atoms with Gasteiger partial charge in [-0.3, -0.25) is 0 Å². The number of hydrogen-bond donors (Lipinski definition) is 1. The van der Waals surface area contributed by atoms with E-state index in [0.717, 1.165) is 36.9 Å². The number of nitrogens with zero attached hydrogens (tertiary/aromatic N) is 1. The molecule has 0 aromatic heterocycles. The van der Waals surface area contributed by atoms with Crippen LogP contribution in [-0.2, 0) is 10.0 Å². The Morgan fingerprint density at radius 1 is 1.24 bits per heavy atom. The van der Waals surface area contributed by atoms with Crippen LogP contribution >= 0.6 is 0 Å². The van der Waals surface area contributed by atoms with Crippen molar-refractivity contribution >= 4 is 10.0 Å². The predicted octanol–water partition coefficient (Wildman–Crippen LogP) is 2.46. The molecule has 1 N–H and O–H groups in total. The maximum atomic E-state index is 12.9. The molecular weight excluding hydrogens is 284 g/mol. The summed E-state index contributed by atoms with van der Waals surface area (Å²) in [4.78, 5) is 0.423. The Kier molecular flexibility index (Phi) is 5.41.